The lowest BCUT2D eigenvalue weighted by molar-refractivity contribution is 0.102. The Labute approximate surface area is 186 Å². The molecule has 2 heterocycles. The van der Waals surface area contributed by atoms with E-state index in [-0.39, 0.29) is 5.91 Å². The average molecular weight is 415 g/mol. The van der Waals surface area contributed by atoms with Crippen LogP contribution >= 0.6 is 0 Å². The summed E-state index contributed by atoms with van der Waals surface area (Å²) in [6, 6.07) is 31.6. The second-order valence-electron chi connectivity index (χ2n) is 7.58. The summed E-state index contributed by atoms with van der Waals surface area (Å²) in [6.07, 6.45) is 4.20. The van der Waals surface area contributed by atoms with E-state index in [2.05, 4.69) is 28.5 Å². The molecule has 4 heteroatoms. The molecule has 3 aromatic carbocycles. The molecule has 0 aliphatic rings. The predicted octanol–water partition coefficient (Wildman–Crippen LogP) is 6.14. The third kappa shape index (κ3) is 4.12. The van der Waals surface area contributed by atoms with E-state index in [0.29, 0.717) is 5.56 Å². The van der Waals surface area contributed by atoms with Gasteiger partial charge in [0, 0.05) is 29.0 Å². The number of fused-ring (bicyclic) bond motifs is 1. The van der Waals surface area contributed by atoms with Crippen molar-refractivity contribution in [3.8, 4) is 11.3 Å². The summed E-state index contributed by atoms with van der Waals surface area (Å²) < 4.78 is 0. The number of hydrogen-bond acceptors (Lipinski definition) is 3. The monoisotopic (exact) mass is 415 g/mol. The quantitative estimate of drug-likeness (QED) is 0.375. The van der Waals surface area contributed by atoms with E-state index in [0.717, 1.165) is 39.8 Å². The van der Waals surface area contributed by atoms with Crippen molar-refractivity contribution in [2.24, 2.45) is 0 Å². The van der Waals surface area contributed by atoms with Crippen LogP contribution in [0.15, 0.2) is 109 Å². The number of anilines is 1. The van der Waals surface area contributed by atoms with Crippen molar-refractivity contribution in [2.45, 2.75) is 6.42 Å². The van der Waals surface area contributed by atoms with E-state index in [4.69, 9.17) is 4.98 Å². The van der Waals surface area contributed by atoms with Crippen LogP contribution in [0.3, 0.4) is 0 Å². The van der Waals surface area contributed by atoms with Crippen molar-refractivity contribution in [3.63, 3.8) is 0 Å². The lowest BCUT2D eigenvalue weighted by Gasteiger charge is -2.13. The van der Waals surface area contributed by atoms with Crippen LogP contribution in [-0.2, 0) is 6.42 Å². The zero-order valence-corrected chi connectivity index (χ0v) is 17.4. The zero-order valence-electron chi connectivity index (χ0n) is 17.4. The highest BCUT2D eigenvalue weighted by molar-refractivity contribution is 6.13. The van der Waals surface area contributed by atoms with Crippen molar-refractivity contribution in [2.75, 3.05) is 5.32 Å². The fourth-order valence-corrected chi connectivity index (χ4v) is 3.84. The second-order valence-corrected chi connectivity index (χ2v) is 7.58. The third-order valence-electron chi connectivity index (χ3n) is 5.44. The molecule has 0 bridgehead atoms. The highest BCUT2D eigenvalue weighted by atomic mass is 16.1. The lowest BCUT2D eigenvalue weighted by atomic mass is 10.0. The third-order valence-corrected chi connectivity index (χ3v) is 5.44. The number of nitrogens with zero attached hydrogens (tertiary/aromatic N) is 2. The van der Waals surface area contributed by atoms with Crippen molar-refractivity contribution < 1.29 is 4.79 Å². The van der Waals surface area contributed by atoms with Crippen LogP contribution in [0.4, 0.5) is 5.69 Å². The molecular formula is C28H21N3O. The summed E-state index contributed by atoms with van der Waals surface area (Å²) >= 11 is 0. The van der Waals surface area contributed by atoms with Gasteiger partial charge < -0.3 is 5.32 Å². The fraction of sp³-hybridized carbons (Fsp3) is 0.0357. The molecule has 0 atom stereocenters. The van der Waals surface area contributed by atoms with Crippen LogP contribution in [-0.4, -0.2) is 15.9 Å². The molecule has 1 N–H and O–H groups in total. The van der Waals surface area contributed by atoms with Crippen molar-refractivity contribution in [1.82, 2.24) is 9.97 Å². The smallest absolute Gasteiger partial charge is 0.256 e. The molecule has 0 spiro atoms. The van der Waals surface area contributed by atoms with Crippen LogP contribution in [0.2, 0.25) is 0 Å². The predicted molar refractivity (Wildman–Crippen MR) is 129 cm³/mol. The number of para-hydroxylation sites is 2. The number of pyridine rings is 2. The van der Waals surface area contributed by atoms with Gasteiger partial charge in [-0.05, 0) is 47.9 Å². The average Bonchev–Trinajstić information content (AvgIpc) is 2.85. The Bertz CT molecular complexity index is 1380. The first-order chi connectivity index (χ1) is 15.8. The largest absolute Gasteiger partial charge is 0.322 e. The van der Waals surface area contributed by atoms with Gasteiger partial charge in [0.2, 0.25) is 0 Å². The standard InChI is InChI=1S/C28H21N3O/c32-28(31-25-12-6-4-10-22(25)18-20-8-2-1-3-9-20)24-19-27(21-14-16-29-17-15-21)30-26-13-7-5-11-23(24)26/h1-17,19H,18H2,(H,31,32). The van der Waals surface area contributed by atoms with Gasteiger partial charge in [0.25, 0.3) is 5.91 Å². The maximum atomic E-state index is 13.5. The van der Waals surface area contributed by atoms with Crippen LogP contribution in [0, 0.1) is 0 Å². The molecule has 5 aromatic rings. The van der Waals surface area contributed by atoms with Gasteiger partial charge in [-0.2, -0.15) is 0 Å². The maximum Gasteiger partial charge on any atom is 0.256 e. The molecule has 2 aromatic heterocycles. The number of amides is 1. The number of carbonyl (C=O) groups excluding carboxylic acids is 1. The molecule has 0 saturated heterocycles. The van der Waals surface area contributed by atoms with Crippen molar-refractivity contribution in [3.05, 3.63) is 126 Å². The molecular weight excluding hydrogens is 394 g/mol. The minimum absolute atomic E-state index is 0.153. The van der Waals surface area contributed by atoms with E-state index in [1.807, 2.05) is 78.9 Å². The summed E-state index contributed by atoms with van der Waals surface area (Å²) in [7, 11) is 0. The van der Waals surface area contributed by atoms with Gasteiger partial charge in [-0.25, -0.2) is 4.98 Å². The molecule has 0 aliphatic carbocycles. The summed E-state index contributed by atoms with van der Waals surface area (Å²) in [5.74, 6) is -0.153. The molecule has 32 heavy (non-hydrogen) atoms. The molecule has 154 valence electrons. The normalized spacial score (nSPS) is 10.8. The molecule has 0 unspecified atom stereocenters. The van der Waals surface area contributed by atoms with Crippen molar-refractivity contribution in [1.29, 1.82) is 0 Å². The Kier molecular flexibility index (Phi) is 5.41. The second kappa shape index (κ2) is 8.82. The van der Waals surface area contributed by atoms with E-state index in [1.54, 1.807) is 12.4 Å². The minimum atomic E-state index is -0.153. The van der Waals surface area contributed by atoms with Gasteiger partial charge in [-0.15, -0.1) is 0 Å². The Morgan fingerprint density at radius 2 is 1.50 bits per heavy atom. The maximum absolute atomic E-state index is 13.5. The summed E-state index contributed by atoms with van der Waals surface area (Å²) in [5.41, 5.74) is 6.12. The Morgan fingerprint density at radius 3 is 2.34 bits per heavy atom. The highest BCUT2D eigenvalue weighted by Gasteiger charge is 2.15. The van der Waals surface area contributed by atoms with Crippen LogP contribution in [0.5, 0.6) is 0 Å². The van der Waals surface area contributed by atoms with Gasteiger partial charge in [-0.1, -0.05) is 66.7 Å². The van der Waals surface area contributed by atoms with E-state index < -0.39 is 0 Å². The topological polar surface area (TPSA) is 54.9 Å². The van der Waals surface area contributed by atoms with Gasteiger partial charge in [0.05, 0.1) is 16.8 Å². The van der Waals surface area contributed by atoms with Gasteiger partial charge in [-0.3, -0.25) is 9.78 Å². The Hall–Kier alpha value is -4.31. The zero-order chi connectivity index (χ0) is 21.8. The number of hydrogen-bond donors (Lipinski definition) is 1. The van der Waals surface area contributed by atoms with E-state index >= 15 is 0 Å². The molecule has 0 fully saturated rings. The molecule has 5 rings (SSSR count). The summed E-state index contributed by atoms with van der Waals surface area (Å²) in [4.78, 5) is 22.3. The first kappa shape index (κ1) is 19.6. The van der Waals surface area contributed by atoms with Crippen LogP contribution in [0.1, 0.15) is 21.5 Å². The number of benzene rings is 3. The Balaban J connectivity index is 1.52. The first-order valence-corrected chi connectivity index (χ1v) is 10.5. The molecule has 1 amide bonds. The van der Waals surface area contributed by atoms with E-state index in [1.165, 1.54) is 5.56 Å². The number of nitrogens with one attached hydrogen (secondary N) is 1. The summed E-state index contributed by atoms with van der Waals surface area (Å²) in [5, 5.41) is 3.96. The molecule has 0 radical (unpaired) electrons. The molecule has 0 saturated carbocycles. The molecule has 4 nitrogen and oxygen atoms in total. The first-order valence-electron chi connectivity index (χ1n) is 10.5. The van der Waals surface area contributed by atoms with Crippen LogP contribution < -0.4 is 5.32 Å². The fourth-order valence-electron chi connectivity index (χ4n) is 3.84. The van der Waals surface area contributed by atoms with E-state index in [9.17, 15) is 4.79 Å². The lowest BCUT2D eigenvalue weighted by Crippen LogP contribution is -2.14. The molecule has 0 aliphatic heterocycles. The minimum Gasteiger partial charge on any atom is -0.322 e. The number of aromatic nitrogens is 2. The number of rotatable bonds is 5. The SMILES string of the molecule is O=C(Nc1ccccc1Cc1ccccc1)c1cc(-c2ccncc2)nc2ccccc12. The number of carbonyl (C=O) groups is 1. The van der Waals surface area contributed by atoms with Gasteiger partial charge in [0.1, 0.15) is 0 Å². The summed E-state index contributed by atoms with van der Waals surface area (Å²) in [6.45, 7) is 0. The van der Waals surface area contributed by atoms with Gasteiger partial charge in [0.15, 0.2) is 0 Å². The van der Waals surface area contributed by atoms with Gasteiger partial charge >= 0.3 is 0 Å². The van der Waals surface area contributed by atoms with Crippen LogP contribution in [0.25, 0.3) is 22.2 Å². The van der Waals surface area contributed by atoms with Crippen molar-refractivity contribution >= 4 is 22.5 Å². The highest BCUT2D eigenvalue weighted by Crippen LogP contribution is 2.26. The Morgan fingerprint density at radius 1 is 0.781 bits per heavy atom.